The Morgan fingerprint density at radius 2 is 1.58 bits per heavy atom. The van der Waals surface area contributed by atoms with Crippen molar-refractivity contribution in [3.05, 3.63) is 142 Å². The van der Waals surface area contributed by atoms with Crippen LogP contribution in [0.1, 0.15) is 32.7 Å². The highest BCUT2D eigenvalue weighted by atomic mass is 35.5. The number of benzene rings is 5. The fourth-order valence-corrected chi connectivity index (χ4v) is 9.02. The SMILES string of the molecule is CO[N+](=O)c1cc(S(=O)(=O)NC(=O)c2ccc(N3CCN(Cc4ccccc4-c4ccc(Cl)cc4)CC3)cc2)cc(C(=O)O)c1N[C@H](CCN(C)C)CSc1ccccc1. The predicted octanol–water partition coefficient (Wildman–Crippen LogP) is 7.64. The van der Waals surface area contributed by atoms with Gasteiger partial charge in [0.05, 0.1) is 15.4 Å². The monoisotopic (exact) mass is 871 g/mol. The topological polar surface area (TPSA) is 152 Å². The summed E-state index contributed by atoms with van der Waals surface area (Å²) < 4.78 is 29.4. The van der Waals surface area contributed by atoms with Gasteiger partial charge in [-0.25, -0.2) is 22.8 Å². The molecule has 0 unspecified atom stereocenters. The highest BCUT2D eigenvalue weighted by molar-refractivity contribution is 7.99. The maximum atomic E-state index is 13.7. The van der Waals surface area contributed by atoms with Gasteiger partial charge >= 0.3 is 11.7 Å². The van der Waals surface area contributed by atoms with Crippen LogP contribution in [0.5, 0.6) is 0 Å². The van der Waals surface area contributed by atoms with E-state index in [0.717, 1.165) is 68.1 Å². The number of nitrogens with one attached hydrogen (secondary N) is 2. The van der Waals surface area contributed by atoms with Gasteiger partial charge in [-0.2, -0.15) is 0 Å². The summed E-state index contributed by atoms with van der Waals surface area (Å²) in [6.45, 7) is 4.58. The Morgan fingerprint density at radius 1 is 0.917 bits per heavy atom. The van der Waals surface area contributed by atoms with Gasteiger partial charge in [-0.3, -0.25) is 9.69 Å². The van der Waals surface area contributed by atoms with E-state index in [1.54, 1.807) is 36.0 Å². The number of aromatic carboxylic acids is 1. The van der Waals surface area contributed by atoms with E-state index in [1.807, 2.05) is 90.4 Å². The molecule has 1 atom stereocenters. The summed E-state index contributed by atoms with van der Waals surface area (Å²) in [4.78, 5) is 51.0. The fraction of sp³-hybridized carbons (Fsp3) is 0.273. The minimum atomic E-state index is -4.67. The standard InChI is InChI=1S/C44H47ClN6O7S2/c1-48(2)22-21-35(30-59-37-10-5-4-6-11-37)46-42-40(44(53)54)27-38(28-41(42)51(55)58-3)60(56,57)47-43(52)32-15-19-36(20-16-32)50-25-23-49(24-26-50)29-33-9-7-8-12-39(33)31-13-17-34(45)18-14-31/h4-20,27-28,35H,21-26,29-30H2,1-3H3,(H2-,46,47,52,53,54,55)/p+1/t35-/m1/s1. The van der Waals surface area contributed by atoms with E-state index in [1.165, 1.54) is 11.1 Å². The number of thioether (sulfide) groups is 1. The van der Waals surface area contributed by atoms with Gasteiger partial charge in [0.2, 0.25) is 0 Å². The number of carboxylic acids is 1. The van der Waals surface area contributed by atoms with Crippen molar-refractivity contribution >= 4 is 62.3 Å². The Labute approximate surface area is 359 Å². The number of halogens is 1. The van der Waals surface area contributed by atoms with Crippen LogP contribution in [0.2, 0.25) is 5.02 Å². The third-order valence-electron chi connectivity index (χ3n) is 10.1. The zero-order chi connectivity index (χ0) is 42.8. The van der Waals surface area contributed by atoms with Gasteiger partial charge in [0.15, 0.2) is 7.11 Å². The van der Waals surface area contributed by atoms with Crippen molar-refractivity contribution in [3.8, 4) is 11.1 Å². The maximum absolute atomic E-state index is 13.7. The number of hydrogen-bond acceptors (Lipinski definition) is 11. The molecule has 0 saturated carbocycles. The first-order valence-corrected chi connectivity index (χ1v) is 22.2. The lowest BCUT2D eigenvalue weighted by molar-refractivity contribution is -0.736. The summed E-state index contributed by atoms with van der Waals surface area (Å²) >= 11 is 7.67. The van der Waals surface area contributed by atoms with E-state index in [9.17, 15) is 28.0 Å². The molecule has 0 radical (unpaired) electrons. The molecule has 1 fully saturated rings. The number of rotatable bonds is 18. The Bertz CT molecular complexity index is 2400. The molecule has 1 heterocycles. The molecule has 1 aliphatic rings. The minimum Gasteiger partial charge on any atom is -0.478 e. The van der Waals surface area contributed by atoms with Gasteiger partial charge in [0.25, 0.3) is 20.9 Å². The summed E-state index contributed by atoms with van der Waals surface area (Å²) in [6, 6.07) is 34.1. The van der Waals surface area contributed by atoms with Crippen LogP contribution in [0.3, 0.4) is 0 Å². The van der Waals surface area contributed by atoms with Crippen molar-refractivity contribution in [2.75, 3.05) is 69.9 Å². The summed E-state index contributed by atoms with van der Waals surface area (Å²) in [7, 11) is 0.241. The number of carboxylic acid groups (broad SMARTS) is 1. The quantitative estimate of drug-likeness (QED) is 0.0587. The molecule has 13 nitrogen and oxygen atoms in total. The van der Waals surface area contributed by atoms with Crippen molar-refractivity contribution in [2.45, 2.75) is 28.8 Å². The average molecular weight is 872 g/mol. The van der Waals surface area contributed by atoms with E-state index in [-0.39, 0.29) is 27.9 Å². The van der Waals surface area contributed by atoms with Crippen molar-refractivity contribution in [3.63, 3.8) is 0 Å². The fourth-order valence-electron chi connectivity index (χ4n) is 6.89. The molecule has 0 bridgehead atoms. The Morgan fingerprint density at radius 3 is 2.23 bits per heavy atom. The van der Waals surface area contributed by atoms with Crippen LogP contribution in [-0.4, -0.2) is 106 Å². The molecule has 3 N–H and O–H groups in total. The lowest BCUT2D eigenvalue weighted by Crippen LogP contribution is -2.46. The highest BCUT2D eigenvalue weighted by Gasteiger charge is 2.33. The summed E-state index contributed by atoms with van der Waals surface area (Å²) in [6.07, 6.45) is 0.573. The summed E-state index contributed by atoms with van der Waals surface area (Å²) in [5.41, 5.74) is 3.51. The summed E-state index contributed by atoms with van der Waals surface area (Å²) in [5, 5.41) is 14.2. The largest absolute Gasteiger partial charge is 0.478 e. The van der Waals surface area contributed by atoms with Gasteiger partial charge in [-0.05, 0) is 98.3 Å². The van der Waals surface area contributed by atoms with Crippen LogP contribution in [0, 0.1) is 4.91 Å². The molecule has 0 spiro atoms. The number of hydrogen-bond donors (Lipinski definition) is 3. The maximum Gasteiger partial charge on any atom is 0.341 e. The molecule has 0 aromatic heterocycles. The molecule has 16 heteroatoms. The zero-order valence-corrected chi connectivity index (χ0v) is 36.0. The van der Waals surface area contributed by atoms with Gasteiger partial charge in [0, 0.05) is 71.8 Å². The molecule has 5 aromatic rings. The van der Waals surface area contributed by atoms with Crippen molar-refractivity contribution in [1.29, 1.82) is 0 Å². The van der Waals surface area contributed by atoms with Crippen LogP contribution < -0.4 is 14.9 Å². The number of amides is 1. The molecule has 5 aromatic carbocycles. The van der Waals surface area contributed by atoms with Crippen molar-refractivity contribution < 1.29 is 32.9 Å². The van der Waals surface area contributed by atoms with Crippen molar-refractivity contribution in [1.82, 2.24) is 14.5 Å². The van der Waals surface area contributed by atoms with Gasteiger partial charge in [-0.1, -0.05) is 66.2 Å². The third-order valence-corrected chi connectivity index (χ3v) is 12.9. The molecular formula is C44H48ClN6O7S2+. The second-order valence-electron chi connectivity index (χ2n) is 14.6. The van der Waals surface area contributed by atoms with E-state index < -0.39 is 32.4 Å². The smallest absolute Gasteiger partial charge is 0.341 e. The predicted molar refractivity (Wildman–Crippen MR) is 237 cm³/mol. The Kier molecular flexibility index (Phi) is 14.9. The number of sulfonamides is 1. The highest BCUT2D eigenvalue weighted by Crippen LogP contribution is 2.35. The Balaban J connectivity index is 1.13. The normalized spacial score (nSPS) is 13.8. The van der Waals surface area contributed by atoms with E-state index >= 15 is 0 Å². The molecule has 314 valence electrons. The van der Waals surface area contributed by atoms with Crippen LogP contribution in [0.15, 0.2) is 125 Å². The number of anilines is 2. The molecule has 6 rings (SSSR count). The number of piperazine rings is 1. The van der Waals surface area contributed by atoms with Crippen LogP contribution >= 0.6 is 23.4 Å². The molecule has 0 aliphatic carbocycles. The van der Waals surface area contributed by atoms with Crippen molar-refractivity contribution in [2.24, 2.45) is 0 Å². The van der Waals surface area contributed by atoms with Gasteiger partial charge in [-0.15, -0.1) is 11.8 Å². The van der Waals surface area contributed by atoms with E-state index in [2.05, 4.69) is 27.2 Å². The second-order valence-corrected chi connectivity index (χ2v) is 17.8. The van der Waals surface area contributed by atoms with Crippen LogP contribution in [0.25, 0.3) is 11.1 Å². The molecule has 1 amide bonds. The Hall–Kier alpha value is -5.45. The van der Waals surface area contributed by atoms with Crippen LogP contribution in [-0.2, 0) is 21.4 Å². The second kappa shape index (κ2) is 20.2. The summed E-state index contributed by atoms with van der Waals surface area (Å²) in [5.74, 6) is -1.89. The first kappa shape index (κ1) is 44.1. The minimum absolute atomic E-state index is 0.0435. The zero-order valence-electron chi connectivity index (χ0n) is 33.6. The number of carbonyl (C=O) groups is 2. The average Bonchev–Trinajstić information content (AvgIpc) is 3.25. The lowest BCUT2D eigenvalue weighted by Gasteiger charge is -2.36. The first-order chi connectivity index (χ1) is 28.8. The van der Waals surface area contributed by atoms with Gasteiger partial charge in [0.1, 0.15) is 5.69 Å². The number of carbonyl (C=O) groups excluding carboxylic acids is 1. The van der Waals surface area contributed by atoms with Crippen LogP contribution in [0.4, 0.5) is 17.1 Å². The molecule has 60 heavy (non-hydrogen) atoms. The molecule has 1 aliphatic heterocycles. The lowest BCUT2D eigenvalue weighted by atomic mass is 9.99. The number of nitrogens with zero attached hydrogens (tertiary/aromatic N) is 4. The van der Waals surface area contributed by atoms with Gasteiger partial charge < -0.3 is 20.2 Å². The molecule has 1 saturated heterocycles. The molecular weight excluding hydrogens is 824 g/mol. The first-order valence-electron chi connectivity index (χ1n) is 19.3. The van der Waals surface area contributed by atoms with E-state index in [0.29, 0.717) is 23.7 Å². The van der Waals surface area contributed by atoms with E-state index in [4.69, 9.17) is 16.4 Å². The third kappa shape index (κ3) is 11.4.